The summed E-state index contributed by atoms with van der Waals surface area (Å²) in [5.74, 6) is 0.00252. The second-order valence-corrected chi connectivity index (χ2v) is 12.6. The molecule has 0 saturated carbocycles. The fourth-order valence-electron chi connectivity index (χ4n) is 5.43. The maximum atomic E-state index is 13.8. The van der Waals surface area contributed by atoms with Crippen LogP contribution in [0.2, 0.25) is 5.02 Å². The lowest BCUT2D eigenvalue weighted by molar-refractivity contribution is -0.140. The summed E-state index contributed by atoms with van der Waals surface area (Å²) in [7, 11) is 0. The van der Waals surface area contributed by atoms with Gasteiger partial charge in [-0.1, -0.05) is 54.1 Å². The van der Waals surface area contributed by atoms with Crippen molar-refractivity contribution >= 4 is 29.3 Å². The molecular formula is C34H35ClFN3O5. The molecule has 0 radical (unpaired) electrons. The Morgan fingerprint density at radius 3 is 2.39 bits per heavy atom. The van der Waals surface area contributed by atoms with Crippen molar-refractivity contribution in [1.82, 2.24) is 4.90 Å². The number of rotatable bonds is 6. The predicted octanol–water partition coefficient (Wildman–Crippen LogP) is 6.94. The summed E-state index contributed by atoms with van der Waals surface area (Å²) in [6.45, 7) is 6.19. The number of likely N-dealkylation sites (tertiary alicyclic amines) is 1. The number of nitriles is 1. The van der Waals surface area contributed by atoms with Crippen LogP contribution in [0.5, 0.6) is 11.5 Å². The molecule has 8 nitrogen and oxygen atoms in total. The van der Waals surface area contributed by atoms with Crippen molar-refractivity contribution in [1.29, 1.82) is 5.26 Å². The molecule has 2 heterocycles. The van der Waals surface area contributed by atoms with E-state index >= 15 is 0 Å². The van der Waals surface area contributed by atoms with Gasteiger partial charge in [0.2, 0.25) is 0 Å². The SMILES string of the molecule is CC(C)(C)OC(=O)N1CC(C(=O)N2CCC(C#N)(Cc3ccc(F)cc3)CC2)Oc2cc(OCc3ccccc3)c(Cl)cc21. The highest BCUT2D eigenvalue weighted by atomic mass is 35.5. The third-order valence-electron chi connectivity index (χ3n) is 7.77. The van der Waals surface area contributed by atoms with Gasteiger partial charge in [-0.2, -0.15) is 5.26 Å². The summed E-state index contributed by atoms with van der Waals surface area (Å²) in [6.07, 6.45) is -0.254. The van der Waals surface area contributed by atoms with Crippen LogP contribution in [0.1, 0.15) is 44.7 Å². The molecule has 3 aromatic rings. The molecule has 10 heteroatoms. The van der Waals surface area contributed by atoms with Gasteiger partial charge in [0.25, 0.3) is 5.91 Å². The Kier molecular flexibility index (Phi) is 9.02. The Hall–Kier alpha value is -4.29. The first-order valence-electron chi connectivity index (χ1n) is 14.6. The zero-order valence-corrected chi connectivity index (χ0v) is 25.8. The second kappa shape index (κ2) is 12.7. The summed E-state index contributed by atoms with van der Waals surface area (Å²) in [5.41, 5.74) is 0.761. The molecule has 3 aromatic carbocycles. The van der Waals surface area contributed by atoms with Crippen LogP contribution < -0.4 is 14.4 Å². The quantitative estimate of drug-likeness (QED) is 0.297. The Morgan fingerprint density at radius 2 is 1.75 bits per heavy atom. The van der Waals surface area contributed by atoms with Crippen molar-refractivity contribution in [3.05, 3.63) is 88.7 Å². The van der Waals surface area contributed by atoms with E-state index in [2.05, 4.69) is 6.07 Å². The molecule has 2 aliphatic rings. The van der Waals surface area contributed by atoms with Crippen molar-refractivity contribution in [2.45, 2.75) is 58.3 Å². The highest BCUT2D eigenvalue weighted by molar-refractivity contribution is 6.32. The summed E-state index contributed by atoms with van der Waals surface area (Å²) in [4.78, 5) is 30.2. The minimum Gasteiger partial charge on any atom is -0.487 e. The highest BCUT2D eigenvalue weighted by Crippen LogP contribution is 2.43. The normalized spacial score (nSPS) is 17.6. The van der Waals surface area contributed by atoms with Crippen LogP contribution in [0.3, 0.4) is 0 Å². The first-order valence-corrected chi connectivity index (χ1v) is 14.9. The second-order valence-electron chi connectivity index (χ2n) is 12.2. The number of carbonyl (C=O) groups is 2. The van der Waals surface area contributed by atoms with Crippen LogP contribution in [-0.2, 0) is 22.6 Å². The van der Waals surface area contributed by atoms with Gasteiger partial charge in [-0.15, -0.1) is 0 Å². The fraction of sp³-hybridized carbons (Fsp3) is 0.382. The number of ether oxygens (including phenoxy) is 3. The van der Waals surface area contributed by atoms with E-state index in [0.29, 0.717) is 43.8 Å². The van der Waals surface area contributed by atoms with Gasteiger partial charge < -0.3 is 19.1 Å². The molecule has 0 N–H and O–H groups in total. The maximum Gasteiger partial charge on any atom is 0.415 e. The molecule has 230 valence electrons. The third-order valence-corrected chi connectivity index (χ3v) is 8.07. The van der Waals surface area contributed by atoms with Crippen molar-refractivity contribution in [3.63, 3.8) is 0 Å². The van der Waals surface area contributed by atoms with E-state index in [0.717, 1.165) is 11.1 Å². The molecule has 5 rings (SSSR count). The van der Waals surface area contributed by atoms with Gasteiger partial charge in [0.15, 0.2) is 6.10 Å². The molecule has 1 unspecified atom stereocenters. The zero-order chi connectivity index (χ0) is 31.5. The minimum atomic E-state index is -1.01. The number of benzene rings is 3. The third kappa shape index (κ3) is 7.25. The summed E-state index contributed by atoms with van der Waals surface area (Å²) < 4.78 is 31.2. The van der Waals surface area contributed by atoms with E-state index in [-0.39, 0.29) is 35.6 Å². The Balaban J connectivity index is 1.34. The molecule has 2 aliphatic heterocycles. The topological polar surface area (TPSA) is 92.1 Å². The lowest BCUT2D eigenvalue weighted by Gasteiger charge is -2.41. The molecule has 44 heavy (non-hydrogen) atoms. The van der Waals surface area contributed by atoms with Gasteiger partial charge in [-0.05, 0) is 69.4 Å². The van der Waals surface area contributed by atoms with Gasteiger partial charge >= 0.3 is 6.09 Å². The number of hydrogen-bond donors (Lipinski definition) is 0. The lowest BCUT2D eigenvalue weighted by Crippen LogP contribution is -2.54. The van der Waals surface area contributed by atoms with Crippen molar-refractivity contribution in [2.75, 3.05) is 24.5 Å². The number of carbonyl (C=O) groups excluding carboxylic acids is 2. The van der Waals surface area contributed by atoms with Crippen LogP contribution in [-0.4, -0.2) is 48.2 Å². The van der Waals surface area contributed by atoms with E-state index in [1.54, 1.807) is 49.9 Å². The number of anilines is 1. The fourth-order valence-corrected chi connectivity index (χ4v) is 5.64. The van der Waals surface area contributed by atoms with E-state index in [1.807, 2.05) is 30.3 Å². The van der Waals surface area contributed by atoms with E-state index in [1.165, 1.54) is 17.0 Å². The van der Waals surface area contributed by atoms with Crippen LogP contribution in [0, 0.1) is 22.6 Å². The van der Waals surface area contributed by atoms with E-state index in [9.17, 15) is 19.2 Å². The molecule has 0 aromatic heterocycles. The van der Waals surface area contributed by atoms with E-state index in [4.69, 9.17) is 25.8 Å². The average Bonchev–Trinajstić information content (AvgIpc) is 3.00. The van der Waals surface area contributed by atoms with Crippen molar-refractivity contribution < 1.29 is 28.2 Å². The molecule has 0 bridgehead atoms. The number of halogens is 2. The Morgan fingerprint density at radius 1 is 1.07 bits per heavy atom. The molecule has 2 amide bonds. The molecule has 0 spiro atoms. The number of piperidine rings is 1. The van der Waals surface area contributed by atoms with Crippen LogP contribution in [0.25, 0.3) is 0 Å². The van der Waals surface area contributed by atoms with Gasteiger partial charge in [0.05, 0.1) is 28.7 Å². The number of nitrogens with zero attached hydrogens (tertiary/aromatic N) is 3. The molecule has 0 aliphatic carbocycles. The monoisotopic (exact) mass is 619 g/mol. The van der Waals surface area contributed by atoms with Gasteiger partial charge in [0.1, 0.15) is 29.5 Å². The highest BCUT2D eigenvalue weighted by Gasteiger charge is 2.42. The van der Waals surface area contributed by atoms with Gasteiger partial charge in [0, 0.05) is 19.2 Å². The summed E-state index contributed by atoms with van der Waals surface area (Å²) in [5, 5.41) is 10.3. The number of fused-ring (bicyclic) bond motifs is 1. The first-order chi connectivity index (χ1) is 20.9. The number of amides is 2. The van der Waals surface area contributed by atoms with Gasteiger partial charge in [-0.25, -0.2) is 9.18 Å². The van der Waals surface area contributed by atoms with Crippen molar-refractivity contribution in [2.24, 2.45) is 5.41 Å². The molecule has 1 saturated heterocycles. The Bertz CT molecular complexity index is 1540. The molecular weight excluding hydrogens is 585 g/mol. The Labute approximate surface area is 261 Å². The zero-order valence-electron chi connectivity index (χ0n) is 25.0. The predicted molar refractivity (Wildman–Crippen MR) is 164 cm³/mol. The molecule has 1 fully saturated rings. The average molecular weight is 620 g/mol. The maximum absolute atomic E-state index is 13.8. The van der Waals surface area contributed by atoms with Crippen molar-refractivity contribution in [3.8, 4) is 17.6 Å². The van der Waals surface area contributed by atoms with Crippen LogP contribution >= 0.6 is 11.6 Å². The standard InChI is InChI=1S/C34H35ClFN3O5/c1-33(2,3)44-32(41)39-20-30(43-29-18-28(26(35)17-27(29)39)42-21-24-7-5-4-6-8-24)31(40)38-15-13-34(22-37,14-16-38)19-23-9-11-25(36)12-10-23/h4-12,17-18,30H,13-16,19-21H2,1-3H3. The van der Waals surface area contributed by atoms with Crippen LogP contribution in [0.15, 0.2) is 66.7 Å². The van der Waals surface area contributed by atoms with Gasteiger partial charge in [-0.3, -0.25) is 9.69 Å². The smallest absolute Gasteiger partial charge is 0.415 e. The number of hydrogen-bond acceptors (Lipinski definition) is 6. The van der Waals surface area contributed by atoms with Crippen LogP contribution in [0.4, 0.5) is 14.9 Å². The van der Waals surface area contributed by atoms with E-state index < -0.39 is 23.2 Å². The molecule has 1 atom stereocenters. The first kappa shape index (κ1) is 31.1. The summed E-state index contributed by atoms with van der Waals surface area (Å²) in [6, 6.07) is 21.4. The minimum absolute atomic E-state index is 0.0727. The largest absolute Gasteiger partial charge is 0.487 e. The lowest BCUT2D eigenvalue weighted by atomic mass is 9.75. The summed E-state index contributed by atoms with van der Waals surface area (Å²) >= 11 is 6.58.